The Morgan fingerprint density at radius 3 is 3.14 bits per heavy atom. The topological polar surface area (TPSA) is 30.2 Å². The molecule has 0 N–H and O–H groups in total. The summed E-state index contributed by atoms with van der Waals surface area (Å²) in [4.78, 5) is 4.55. The molecule has 0 radical (unpaired) electrons. The Morgan fingerprint density at radius 1 is 1.43 bits per heavy atom. The predicted molar refractivity (Wildman–Crippen MR) is 57.7 cm³/mol. The van der Waals surface area contributed by atoms with Crippen molar-refractivity contribution < 1.29 is 0 Å². The predicted octanol–water partition coefficient (Wildman–Crippen LogP) is 2.63. The standard InChI is InChI=1S/C9H7BrClN3/c10-6-4-12-14-8(11)5-2-1-3-7(5)13-9(6)14/h4H,1-3H2. The average Bonchev–Trinajstić information content (AvgIpc) is 2.75. The second kappa shape index (κ2) is 2.94. The molecule has 1 aliphatic rings. The van der Waals surface area contributed by atoms with E-state index in [4.69, 9.17) is 11.6 Å². The van der Waals surface area contributed by atoms with E-state index in [1.54, 1.807) is 10.7 Å². The van der Waals surface area contributed by atoms with Crippen LogP contribution in [0.5, 0.6) is 0 Å². The molecule has 0 aromatic carbocycles. The molecule has 0 fully saturated rings. The minimum Gasteiger partial charge on any atom is -0.232 e. The maximum absolute atomic E-state index is 6.24. The van der Waals surface area contributed by atoms with Crippen LogP contribution in [0.3, 0.4) is 0 Å². The van der Waals surface area contributed by atoms with Crippen LogP contribution in [0.2, 0.25) is 5.15 Å². The van der Waals surface area contributed by atoms with Crippen molar-refractivity contribution in [1.29, 1.82) is 0 Å². The zero-order chi connectivity index (χ0) is 9.71. The molecule has 5 heteroatoms. The maximum atomic E-state index is 6.24. The summed E-state index contributed by atoms with van der Waals surface area (Å²) in [6.07, 6.45) is 4.92. The normalized spacial score (nSPS) is 15.0. The second-order valence-corrected chi connectivity index (χ2v) is 4.62. The Labute approximate surface area is 94.2 Å². The van der Waals surface area contributed by atoms with E-state index in [-0.39, 0.29) is 0 Å². The molecule has 0 atom stereocenters. The first-order valence-corrected chi connectivity index (χ1v) is 5.65. The molecule has 0 saturated carbocycles. The van der Waals surface area contributed by atoms with Crippen LogP contribution in [0.1, 0.15) is 17.7 Å². The molecule has 2 aromatic rings. The Kier molecular flexibility index (Phi) is 1.82. The third-order valence-electron chi connectivity index (χ3n) is 2.57. The van der Waals surface area contributed by atoms with Crippen LogP contribution >= 0.6 is 27.5 Å². The molecule has 2 aromatic heterocycles. The van der Waals surface area contributed by atoms with E-state index >= 15 is 0 Å². The minimum absolute atomic E-state index is 0.716. The summed E-state index contributed by atoms with van der Waals surface area (Å²) in [5.41, 5.74) is 3.11. The van der Waals surface area contributed by atoms with E-state index in [1.807, 2.05) is 0 Å². The van der Waals surface area contributed by atoms with E-state index in [2.05, 4.69) is 26.0 Å². The summed E-state index contributed by atoms with van der Waals surface area (Å²) in [6.45, 7) is 0. The molecule has 2 heterocycles. The van der Waals surface area contributed by atoms with E-state index in [0.29, 0.717) is 5.15 Å². The summed E-state index contributed by atoms with van der Waals surface area (Å²) in [5, 5.41) is 4.89. The second-order valence-electron chi connectivity index (χ2n) is 3.41. The van der Waals surface area contributed by atoms with Crippen molar-refractivity contribution in [3.05, 3.63) is 27.1 Å². The maximum Gasteiger partial charge on any atom is 0.171 e. The van der Waals surface area contributed by atoms with Gasteiger partial charge in [-0.1, -0.05) is 11.6 Å². The van der Waals surface area contributed by atoms with Crippen LogP contribution in [0, 0.1) is 0 Å². The zero-order valence-electron chi connectivity index (χ0n) is 7.30. The smallest absolute Gasteiger partial charge is 0.171 e. The number of aryl methyl sites for hydroxylation is 1. The van der Waals surface area contributed by atoms with Crippen LogP contribution in [0.25, 0.3) is 5.65 Å². The Balaban J connectivity index is 2.45. The zero-order valence-corrected chi connectivity index (χ0v) is 9.64. The van der Waals surface area contributed by atoms with Crippen molar-refractivity contribution in [2.45, 2.75) is 19.3 Å². The summed E-state index contributed by atoms with van der Waals surface area (Å²) < 4.78 is 2.59. The molecule has 0 saturated heterocycles. The largest absolute Gasteiger partial charge is 0.232 e. The lowest BCUT2D eigenvalue weighted by Crippen LogP contribution is -1.99. The molecule has 3 nitrogen and oxygen atoms in total. The number of fused-ring (bicyclic) bond motifs is 2. The van der Waals surface area contributed by atoms with Gasteiger partial charge in [0.15, 0.2) is 5.65 Å². The number of halogens is 2. The van der Waals surface area contributed by atoms with Gasteiger partial charge in [-0.05, 0) is 35.2 Å². The van der Waals surface area contributed by atoms with Crippen molar-refractivity contribution in [2.24, 2.45) is 0 Å². The van der Waals surface area contributed by atoms with Gasteiger partial charge in [0, 0.05) is 11.3 Å². The molecule has 3 rings (SSSR count). The van der Waals surface area contributed by atoms with Crippen LogP contribution < -0.4 is 0 Å². The molecule has 72 valence electrons. The minimum atomic E-state index is 0.716. The first-order valence-electron chi connectivity index (χ1n) is 4.48. The Bertz CT molecular complexity index is 520. The average molecular weight is 273 g/mol. The lowest BCUT2D eigenvalue weighted by Gasteiger charge is -2.03. The third kappa shape index (κ3) is 1.04. The number of rotatable bonds is 0. The molecule has 0 amide bonds. The summed E-state index contributed by atoms with van der Waals surface area (Å²) in [6, 6.07) is 0. The monoisotopic (exact) mass is 271 g/mol. The third-order valence-corrected chi connectivity index (χ3v) is 3.51. The number of nitrogens with zero attached hydrogens (tertiary/aromatic N) is 3. The van der Waals surface area contributed by atoms with E-state index < -0.39 is 0 Å². The summed E-state index contributed by atoms with van der Waals surface area (Å²) in [5.74, 6) is 0. The molecule has 1 aliphatic carbocycles. The highest BCUT2D eigenvalue weighted by Crippen LogP contribution is 2.29. The quantitative estimate of drug-likeness (QED) is 0.690. The first kappa shape index (κ1) is 8.68. The van der Waals surface area contributed by atoms with Crippen LogP contribution in [0.4, 0.5) is 0 Å². The van der Waals surface area contributed by atoms with Crippen LogP contribution in [-0.4, -0.2) is 14.6 Å². The Hall–Kier alpha value is -0.610. The number of aromatic nitrogens is 3. The fourth-order valence-electron chi connectivity index (χ4n) is 1.90. The van der Waals surface area contributed by atoms with Gasteiger partial charge in [-0.15, -0.1) is 0 Å². The lowest BCUT2D eigenvalue weighted by molar-refractivity contribution is 0.900. The van der Waals surface area contributed by atoms with Gasteiger partial charge in [-0.25, -0.2) is 9.50 Å². The van der Waals surface area contributed by atoms with Gasteiger partial charge in [0.1, 0.15) is 5.15 Å². The molecular weight excluding hydrogens is 265 g/mol. The fraction of sp³-hybridized carbons (Fsp3) is 0.333. The molecule has 0 bridgehead atoms. The van der Waals surface area contributed by atoms with Crippen molar-refractivity contribution in [2.75, 3.05) is 0 Å². The van der Waals surface area contributed by atoms with Gasteiger partial charge in [-0.3, -0.25) is 0 Å². The highest BCUT2D eigenvalue weighted by molar-refractivity contribution is 9.10. The van der Waals surface area contributed by atoms with Crippen LogP contribution in [-0.2, 0) is 12.8 Å². The van der Waals surface area contributed by atoms with Crippen molar-refractivity contribution >= 4 is 33.2 Å². The molecule has 0 spiro atoms. The van der Waals surface area contributed by atoms with Crippen molar-refractivity contribution in [3.8, 4) is 0 Å². The van der Waals surface area contributed by atoms with Gasteiger partial charge in [0.25, 0.3) is 0 Å². The van der Waals surface area contributed by atoms with Crippen LogP contribution in [0.15, 0.2) is 10.7 Å². The Morgan fingerprint density at radius 2 is 2.29 bits per heavy atom. The van der Waals surface area contributed by atoms with E-state index in [0.717, 1.165) is 40.6 Å². The van der Waals surface area contributed by atoms with Gasteiger partial charge >= 0.3 is 0 Å². The summed E-state index contributed by atoms with van der Waals surface area (Å²) in [7, 11) is 0. The highest BCUT2D eigenvalue weighted by atomic mass is 79.9. The highest BCUT2D eigenvalue weighted by Gasteiger charge is 2.20. The SMILES string of the molecule is Clc1c2c(nc3c(Br)cnn13)CCC2. The lowest BCUT2D eigenvalue weighted by atomic mass is 10.3. The van der Waals surface area contributed by atoms with Gasteiger partial charge in [0.2, 0.25) is 0 Å². The first-order chi connectivity index (χ1) is 6.77. The van der Waals surface area contributed by atoms with Gasteiger partial charge in [-0.2, -0.15) is 5.10 Å². The molecule has 0 unspecified atom stereocenters. The molecule has 14 heavy (non-hydrogen) atoms. The van der Waals surface area contributed by atoms with Crippen molar-refractivity contribution in [1.82, 2.24) is 14.6 Å². The molecular formula is C9H7BrClN3. The molecule has 0 aliphatic heterocycles. The summed E-state index contributed by atoms with van der Waals surface area (Å²) >= 11 is 9.64. The van der Waals surface area contributed by atoms with Crippen molar-refractivity contribution in [3.63, 3.8) is 0 Å². The fourth-order valence-corrected chi connectivity index (χ4v) is 2.57. The number of hydrogen-bond donors (Lipinski definition) is 0. The van der Waals surface area contributed by atoms with Gasteiger partial charge < -0.3 is 0 Å². The van der Waals surface area contributed by atoms with E-state index in [1.165, 1.54) is 0 Å². The van der Waals surface area contributed by atoms with E-state index in [9.17, 15) is 0 Å². The van der Waals surface area contributed by atoms with Gasteiger partial charge in [0.05, 0.1) is 10.7 Å². The number of hydrogen-bond acceptors (Lipinski definition) is 2.